The van der Waals surface area contributed by atoms with Crippen LogP contribution in [0.4, 0.5) is 4.39 Å². The van der Waals surface area contributed by atoms with E-state index >= 15 is 0 Å². The Morgan fingerprint density at radius 1 is 1.04 bits per heavy atom. The van der Waals surface area contributed by atoms with E-state index in [1.807, 2.05) is 36.4 Å². The van der Waals surface area contributed by atoms with Crippen LogP contribution in [0.15, 0.2) is 53.3 Å². The van der Waals surface area contributed by atoms with Crippen molar-refractivity contribution in [2.24, 2.45) is 0 Å². The monoisotopic (exact) mass is 386 g/mol. The van der Waals surface area contributed by atoms with E-state index in [0.717, 1.165) is 51.2 Å². The molecule has 0 bridgehead atoms. The fourth-order valence-electron chi connectivity index (χ4n) is 4.37. The average molecular weight is 386 g/mol. The minimum atomic E-state index is -0.264. The van der Waals surface area contributed by atoms with Crippen molar-refractivity contribution in [2.75, 3.05) is 0 Å². The van der Waals surface area contributed by atoms with Gasteiger partial charge in [0.1, 0.15) is 10.6 Å². The first-order valence-corrected chi connectivity index (χ1v) is 10.2. The summed E-state index contributed by atoms with van der Waals surface area (Å²) in [6.07, 6.45) is 4.91. The SMILES string of the molecule is O=c1nc2c3ccccc3/c(=C\c3ccccc3F)n2c2sc3c(c12)CCC3. The zero-order valence-corrected chi connectivity index (χ0v) is 15.7. The van der Waals surface area contributed by atoms with Crippen LogP contribution in [0.5, 0.6) is 0 Å². The molecule has 0 fully saturated rings. The predicted octanol–water partition coefficient (Wildman–Crippen LogP) is 4.24. The topological polar surface area (TPSA) is 34.4 Å². The van der Waals surface area contributed by atoms with Crippen molar-refractivity contribution in [2.45, 2.75) is 19.3 Å². The van der Waals surface area contributed by atoms with Crippen molar-refractivity contribution >= 4 is 44.0 Å². The summed E-state index contributed by atoms with van der Waals surface area (Å²) in [6.45, 7) is 0. The van der Waals surface area contributed by atoms with Crippen molar-refractivity contribution in [1.29, 1.82) is 0 Å². The van der Waals surface area contributed by atoms with Crippen LogP contribution in [0, 0.1) is 5.82 Å². The Hall–Kier alpha value is -3.05. The Labute approximate surface area is 163 Å². The van der Waals surface area contributed by atoms with Crippen molar-refractivity contribution < 1.29 is 4.39 Å². The van der Waals surface area contributed by atoms with Crippen LogP contribution in [0.25, 0.3) is 32.7 Å². The van der Waals surface area contributed by atoms with Crippen LogP contribution in [0.3, 0.4) is 0 Å². The Morgan fingerprint density at radius 3 is 2.68 bits per heavy atom. The molecule has 6 rings (SSSR count). The third-order valence-corrected chi connectivity index (χ3v) is 6.90. The largest absolute Gasteiger partial charge is 0.284 e. The lowest BCUT2D eigenvalue weighted by molar-refractivity contribution is 0.625. The molecule has 0 N–H and O–H groups in total. The summed E-state index contributed by atoms with van der Waals surface area (Å²) >= 11 is 1.68. The second kappa shape index (κ2) is 5.72. The molecular formula is C23H15FN2OS. The minimum absolute atomic E-state index is 0.150. The summed E-state index contributed by atoms with van der Waals surface area (Å²) in [5.41, 5.74) is 2.18. The molecule has 0 unspecified atom stereocenters. The zero-order chi connectivity index (χ0) is 18.8. The van der Waals surface area contributed by atoms with E-state index in [1.54, 1.807) is 23.5 Å². The van der Waals surface area contributed by atoms with E-state index < -0.39 is 0 Å². The lowest BCUT2D eigenvalue weighted by Crippen LogP contribution is -2.16. The molecule has 2 aromatic carbocycles. The number of aryl methyl sites for hydroxylation is 2. The third-order valence-electron chi connectivity index (χ3n) is 5.62. The van der Waals surface area contributed by atoms with Gasteiger partial charge in [0.2, 0.25) is 0 Å². The summed E-state index contributed by atoms with van der Waals surface area (Å²) in [4.78, 5) is 19.6. The molecule has 136 valence electrons. The molecule has 28 heavy (non-hydrogen) atoms. The van der Waals surface area contributed by atoms with Gasteiger partial charge in [-0.1, -0.05) is 42.5 Å². The maximum absolute atomic E-state index is 14.4. The van der Waals surface area contributed by atoms with E-state index in [0.29, 0.717) is 11.2 Å². The molecule has 5 heteroatoms. The average Bonchev–Trinajstić information content (AvgIpc) is 3.36. The van der Waals surface area contributed by atoms with Crippen LogP contribution >= 0.6 is 11.3 Å². The third kappa shape index (κ3) is 2.08. The molecule has 0 aliphatic heterocycles. The second-order valence-electron chi connectivity index (χ2n) is 7.21. The highest BCUT2D eigenvalue weighted by atomic mass is 32.1. The number of aromatic nitrogens is 2. The molecular weight excluding hydrogens is 371 g/mol. The van der Waals surface area contributed by atoms with E-state index in [2.05, 4.69) is 9.38 Å². The Balaban J connectivity index is 1.89. The van der Waals surface area contributed by atoms with Crippen molar-refractivity contribution in [3.05, 3.63) is 86.1 Å². The highest BCUT2D eigenvalue weighted by molar-refractivity contribution is 7.19. The van der Waals surface area contributed by atoms with Gasteiger partial charge in [-0.15, -0.1) is 11.3 Å². The van der Waals surface area contributed by atoms with Gasteiger partial charge in [0, 0.05) is 21.2 Å². The van der Waals surface area contributed by atoms with Crippen molar-refractivity contribution in [3.8, 4) is 0 Å². The first-order valence-electron chi connectivity index (χ1n) is 9.36. The van der Waals surface area contributed by atoms with E-state index in [4.69, 9.17) is 0 Å². The van der Waals surface area contributed by atoms with E-state index in [9.17, 15) is 9.18 Å². The van der Waals surface area contributed by atoms with Gasteiger partial charge in [-0.3, -0.25) is 9.20 Å². The van der Waals surface area contributed by atoms with Gasteiger partial charge < -0.3 is 0 Å². The summed E-state index contributed by atoms with van der Waals surface area (Å²) in [6, 6.07) is 14.6. The summed E-state index contributed by atoms with van der Waals surface area (Å²) in [7, 11) is 0. The molecule has 1 aliphatic rings. The Morgan fingerprint density at radius 2 is 1.82 bits per heavy atom. The smallest absolute Gasteiger partial charge is 0.282 e. The number of hydrogen-bond donors (Lipinski definition) is 0. The normalized spacial score (nSPS) is 14.5. The van der Waals surface area contributed by atoms with Gasteiger partial charge in [-0.25, -0.2) is 4.39 Å². The van der Waals surface area contributed by atoms with Gasteiger partial charge in [-0.05, 0) is 37.0 Å². The van der Waals surface area contributed by atoms with Gasteiger partial charge in [0.15, 0.2) is 5.65 Å². The fourth-order valence-corrected chi connectivity index (χ4v) is 5.77. The molecule has 0 atom stereocenters. The Bertz CT molecular complexity index is 1530. The van der Waals surface area contributed by atoms with E-state index in [1.165, 1.54) is 10.9 Å². The number of hydrogen-bond acceptors (Lipinski definition) is 3. The number of halogens is 1. The maximum Gasteiger partial charge on any atom is 0.282 e. The van der Waals surface area contributed by atoms with Gasteiger partial charge in [-0.2, -0.15) is 4.98 Å². The van der Waals surface area contributed by atoms with Crippen LogP contribution in [-0.4, -0.2) is 9.38 Å². The summed E-state index contributed by atoms with van der Waals surface area (Å²) < 4.78 is 16.4. The van der Waals surface area contributed by atoms with Crippen LogP contribution in [0.2, 0.25) is 0 Å². The predicted molar refractivity (Wildman–Crippen MR) is 112 cm³/mol. The molecule has 1 aliphatic carbocycles. The maximum atomic E-state index is 14.4. The summed E-state index contributed by atoms with van der Waals surface area (Å²) in [5, 5.41) is 3.50. The van der Waals surface area contributed by atoms with Crippen molar-refractivity contribution in [1.82, 2.24) is 9.38 Å². The Kier molecular flexibility index (Phi) is 3.26. The van der Waals surface area contributed by atoms with Crippen LogP contribution in [-0.2, 0) is 12.8 Å². The molecule has 0 saturated heterocycles. The zero-order valence-electron chi connectivity index (χ0n) is 14.9. The number of nitrogens with zero attached hydrogens (tertiary/aromatic N) is 2. The highest BCUT2D eigenvalue weighted by Crippen LogP contribution is 2.36. The molecule has 3 aromatic heterocycles. The summed E-state index contributed by atoms with van der Waals surface area (Å²) in [5.74, 6) is -0.264. The van der Waals surface area contributed by atoms with Crippen LogP contribution in [0.1, 0.15) is 22.4 Å². The molecule has 0 saturated carbocycles. The number of benzene rings is 2. The first-order chi connectivity index (χ1) is 13.7. The molecule has 3 nitrogen and oxygen atoms in total. The van der Waals surface area contributed by atoms with Crippen molar-refractivity contribution in [3.63, 3.8) is 0 Å². The fraction of sp³-hybridized carbons (Fsp3) is 0.130. The number of rotatable bonds is 1. The van der Waals surface area contributed by atoms with Gasteiger partial charge >= 0.3 is 0 Å². The molecule has 3 heterocycles. The van der Waals surface area contributed by atoms with Gasteiger partial charge in [0.05, 0.1) is 10.7 Å². The molecule has 0 amide bonds. The van der Waals surface area contributed by atoms with Crippen LogP contribution < -0.4 is 10.9 Å². The lowest BCUT2D eigenvalue weighted by Gasteiger charge is -2.00. The number of fused-ring (bicyclic) bond motifs is 7. The van der Waals surface area contributed by atoms with Gasteiger partial charge in [0.25, 0.3) is 5.56 Å². The quantitative estimate of drug-likeness (QED) is 0.432. The molecule has 0 radical (unpaired) electrons. The highest BCUT2D eigenvalue weighted by Gasteiger charge is 2.23. The minimum Gasteiger partial charge on any atom is -0.284 e. The second-order valence-corrected chi connectivity index (χ2v) is 8.29. The molecule has 0 spiro atoms. The van der Waals surface area contributed by atoms with E-state index in [-0.39, 0.29) is 11.4 Å². The number of thiophene rings is 1. The standard InChI is InChI=1S/C23H15FN2OS/c24-17-10-4-1-6-13(17)12-18-14-7-2-3-8-15(14)21-25-22(27)20-16-9-5-11-19(16)28-23(20)26(18)21/h1-4,6-8,10,12H,5,9,11H2/b18-12+. The molecule has 5 aromatic rings. The first kappa shape index (κ1) is 16.0. The lowest BCUT2D eigenvalue weighted by atomic mass is 10.1.